The van der Waals surface area contributed by atoms with Crippen LogP contribution in [-0.4, -0.2) is 47.3 Å². The zero-order valence-electron chi connectivity index (χ0n) is 18.2. The maximum atomic E-state index is 13.3. The van der Waals surface area contributed by atoms with Gasteiger partial charge >= 0.3 is 0 Å². The highest BCUT2D eigenvalue weighted by molar-refractivity contribution is 5.93. The third kappa shape index (κ3) is 2.21. The molecule has 0 unspecified atom stereocenters. The molecule has 162 valence electrons. The van der Waals surface area contributed by atoms with Gasteiger partial charge in [-0.15, -0.1) is 0 Å². The number of rotatable bonds is 4. The van der Waals surface area contributed by atoms with E-state index in [4.69, 9.17) is 9.47 Å². The smallest absolute Gasteiger partial charge is 0.177 e. The number of phenolic OH excluding ortho intramolecular Hbond substituents is 1. The Morgan fingerprint density at radius 2 is 2.03 bits per heavy atom. The summed E-state index contributed by atoms with van der Waals surface area (Å²) in [6.45, 7) is 3.71. The molecule has 0 radical (unpaired) electrons. The highest BCUT2D eigenvalue weighted by atomic mass is 16.5. The average molecular weight is 420 g/mol. The molecule has 2 fully saturated rings. The number of hydrogen-bond acceptors (Lipinski definition) is 5. The number of likely N-dealkylation sites (tertiary alicyclic amines) is 1. The minimum atomic E-state index is -0.943. The number of benzene rings is 2. The number of ketones is 1. The molecule has 2 bridgehead atoms. The summed E-state index contributed by atoms with van der Waals surface area (Å²) < 4.78 is 12.8. The Balaban J connectivity index is 1.49. The Bertz CT molecular complexity index is 1070. The van der Waals surface area contributed by atoms with Gasteiger partial charge in [-0.05, 0) is 43.4 Å². The summed E-state index contributed by atoms with van der Waals surface area (Å²) in [5, 5.41) is 10.6. The summed E-state index contributed by atoms with van der Waals surface area (Å²) in [6.07, 6.45) is 3.84. The number of Topliss-reactive ketones (excluding diaryl/α,β-unsaturated/α-hetero) is 1. The number of carbonyl (C=O) groups excluding carboxylic acids is 1. The fourth-order valence-electron chi connectivity index (χ4n) is 7.39. The van der Waals surface area contributed by atoms with Crippen LogP contribution in [0.15, 0.2) is 42.5 Å². The predicted octanol–water partition coefficient (Wildman–Crippen LogP) is 3.61. The number of hydrogen-bond donors (Lipinski definition) is 1. The number of ether oxygens (including phenoxy) is 2. The van der Waals surface area contributed by atoms with Crippen molar-refractivity contribution in [3.8, 4) is 11.5 Å². The maximum absolute atomic E-state index is 13.3. The first-order chi connectivity index (χ1) is 15.0. The lowest BCUT2D eigenvalue weighted by atomic mass is 9.46. The predicted molar refractivity (Wildman–Crippen MR) is 116 cm³/mol. The summed E-state index contributed by atoms with van der Waals surface area (Å²) in [5.74, 6) is 0.970. The molecule has 2 aliphatic carbocycles. The monoisotopic (exact) mass is 419 g/mol. The van der Waals surface area contributed by atoms with Crippen molar-refractivity contribution in [1.82, 2.24) is 4.90 Å². The van der Waals surface area contributed by atoms with Gasteiger partial charge in [0.1, 0.15) is 5.72 Å². The first-order valence-corrected chi connectivity index (χ1v) is 11.4. The second-order valence-corrected chi connectivity index (χ2v) is 9.77. The van der Waals surface area contributed by atoms with E-state index in [1.165, 1.54) is 5.56 Å². The second-order valence-electron chi connectivity index (χ2n) is 9.77. The van der Waals surface area contributed by atoms with E-state index in [0.717, 1.165) is 49.9 Å². The van der Waals surface area contributed by atoms with Crippen LogP contribution in [0.25, 0.3) is 0 Å². The molecule has 31 heavy (non-hydrogen) atoms. The van der Waals surface area contributed by atoms with Crippen molar-refractivity contribution in [2.75, 3.05) is 20.2 Å². The van der Waals surface area contributed by atoms with Gasteiger partial charge in [-0.2, -0.15) is 0 Å². The first kappa shape index (κ1) is 19.3. The van der Waals surface area contributed by atoms with Crippen molar-refractivity contribution >= 4 is 5.78 Å². The van der Waals surface area contributed by atoms with Gasteiger partial charge in [-0.25, -0.2) is 0 Å². The Labute approximate surface area is 183 Å². The number of phenols is 1. The van der Waals surface area contributed by atoms with Gasteiger partial charge in [-0.1, -0.05) is 36.4 Å². The molecule has 2 aromatic carbocycles. The minimum absolute atomic E-state index is 0.145. The van der Waals surface area contributed by atoms with Gasteiger partial charge in [0.2, 0.25) is 0 Å². The molecule has 0 aromatic heterocycles. The lowest BCUT2D eigenvalue weighted by molar-refractivity contribution is -0.244. The number of methoxy groups -OCH3 is 1. The van der Waals surface area contributed by atoms with Crippen molar-refractivity contribution in [2.45, 2.75) is 55.8 Å². The van der Waals surface area contributed by atoms with Crippen LogP contribution < -0.4 is 4.74 Å². The molecule has 1 saturated heterocycles. The Hall–Kier alpha value is -2.37. The third-order valence-corrected chi connectivity index (χ3v) is 8.78. The van der Waals surface area contributed by atoms with Crippen LogP contribution in [0.2, 0.25) is 0 Å². The zero-order valence-corrected chi connectivity index (χ0v) is 18.2. The van der Waals surface area contributed by atoms with E-state index >= 15 is 0 Å². The van der Waals surface area contributed by atoms with E-state index < -0.39 is 16.7 Å². The second kappa shape index (κ2) is 6.33. The number of piperidine rings is 1. The van der Waals surface area contributed by atoms with Crippen LogP contribution in [0.4, 0.5) is 0 Å². The molecule has 0 amide bonds. The fourth-order valence-corrected chi connectivity index (χ4v) is 7.39. The molecule has 1 spiro atoms. The summed E-state index contributed by atoms with van der Waals surface area (Å²) in [7, 11) is 1.82. The summed E-state index contributed by atoms with van der Waals surface area (Å²) in [6, 6.07) is 14.3. The van der Waals surface area contributed by atoms with Crippen molar-refractivity contribution < 1.29 is 19.4 Å². The molecule has 2 heterocycles. The molecule has 2 aromatic rings. The molecule has 1 saturated carbocycles. The Kier molecular flexibility index (Phi) is 3.95. The molecule has 5 nitrogen and oxygen atoms in total. The number of carbonyl (C=O) groups is 1. The van der Waals surface area contributed by atoms with Crippen molar-refractivity contribution in [3.63, 3.8) is 0 Å². The molecule has 5 heteroatoms. The molecule has 4 atom stereocenters. The third-order valence-electron chi connectivity index (χ3n) is 8.78. The molecule has 1 N–H and O–H groups in total. The number of nitrogens with zero attached hydrogens (tertiary/aromatic N) is 1. The summed E-state index contributed by atoms with van der Waals surface area (Å²) in [5.41, 5.74) is 1.69. The van der Waals surface area contributed by atoms with Crippen LogP contribution in [0, 0.1) is 5.92 Å². The molecule has 4 aliphatic rings. The summed E-state index contributed by atoms with van der Waals surface area (Å²) >= 11 is 0. The average Bonchev–Trinajstić information content (AvgIpc) is 3.06. The van der Waals surface area contributed by atoms with Gasteiger partial charge < -0.3 is 14.6 Å². The molecular weight excluding hydrogens is 390 g/mol. The summed E-state index contributed by atoms with van der Waals surface area (Å²) in [4.78, 5) is 15.8. The number of aromatic hydroxyl groups is 1. The SMILES string of the molecule is CO[C@]12Cc3ccc(O)c4c3[C@]3(CCN1CCc1ccccc1)[C@H]2CCC(=O)[C@]3(C)O4. The minimum Gasteiger partial charge on any atom is -0.504 e. The molecule has 6 rings (SSSR count). The van der Waals surface area contributed by atoms with Crippen LogP contribution in [0.3, 0.4) is 0 Å². The normalized spacial score (nSPS) is 35.5. The van der Waals surface area contributed by atoms with E-state index in [1.54, 1.807) is 6.07 Å². The standard InChI is InChI=1S/C26H29NO4/c1-24-21(29)11-10-20-25(24)13-15-27(14-12-17-6-4-3-5-7-17)26(20,30-2)16-18-8-9-19(28)23(31-24)22(18)25/h3-9,20,28H,10-16H2,1-2H3/t20-,24+,25+,26+/m1/s1. The van der Waals surface area contributed by atoms with Gasteiger partial charge in [-0.3, -0.25) is 9.69 Å². The lowest BCUT2D eigenvalue weighted by Crippen LogP contribution is -2.76. The first-order valence-electron chi connectivity index (χ1n) is 11.4. The van der Waals surface area contributed by atoms with Crippen LogP contribution >= 0.6 is 0 Å². The fraction of sp³-hybridized carbons (Fsp3) is 0.500. The van der Waals surface area contributed by atoms with Gasteiger partial charge in [0.25, 0.3) is 0 Å². The largest absolute Gasteiger partial charge is 0.504 e. The van der Waals surface area contributed by atoms with Gasteiger partial charge in [0, 0.05) is 44.5 Å². The van der Waals surface area contributed by atoms with E-state index in [-0.39, 0.29) is 17.5 Å². The van der Waals surface area contributed by atoms with E-state index in [9.17, 15) is 9.90 Å². The lowest BCUT2D eigenvalue weighted by Gasteiger charge is -2.65. The maximum Gasteiger partial charge on any atom is 0.177 e. The Morgan fingerprint density at radius 3 is 2.81 bits per heavy atom. The Morgan fingerprint density at radius 1 is 1.23 bits per heavy atom. The van der Waals surface area contributed by atoms with E-state index in [1.807, 2.05) is 20.1 Å². The topological polar surface area (TPSA) is 59.0 Å². The van der Waals surface area contributed by atoms with Crippen molar-refractivity contribution in [2.24, 2.45) is 5.92 Å². The van der Waals surface area contributed by atoms with Crippen LogP contribution in [-0.2, 0) is 27.8 Å². The highest BCUT2D eigenvalue weighted by Gasteiger charge is 2.75. The van der Waals surface area contributed by atoms with Gasteiger partial charge in [0.15, 0.2) is 22.9 Å². The van der Waals surface area contributed by atoms with E-state index in [0.29, 0.717) is 12.2 Å². The van der Waals surface area contributed by atoms with Crippen molar-refractivity contribution in [3.05, 3.63) is 59.2 Å². The zero-order chi connectivity index (χ0) is 21.4. The van der Waals surface area contributed by atoms with Crippen LogP contribution in [0.1, 0.15) is 42.9 Å². The van der Waals surface area contributed by atoms with Gasteiger partial charge in [0.05, 0.1) is 5.41 Å². The van der Waals surface area contributed by atoms with E-state index in [2.05, 4.69) is 35.2 Å². The molecule has 2 aliphatic heterocycles. The highest BCUT2D eigenvalue weighted by Crippen LogP contribution is 2.69. The quantitative estimate of drug-likeness (QED) is 0.821. The van der Waals surface area contributed by atoms with Crippen molar-refractivity contribution in [1.29, 1.82) is 0 Å². The molecular formula is C26H29NO4. The van der Waals surface area contributed by atoms with Crippen LogP contribution in [0.5, 0.6) is 11.5 Å².